The molecule has 3 heterocycles. The molecular weight excluding hydrogens is 517 g/mol. The number of nitrogens with one attached hydrogen (secondary N) is 1. The smallest absolute Gasteiger partial charge is 0.281 e. The SMILES string of the molecule is CONC(=O)c1c(-c2ccc(F)cc2)oc2cc3c(nc12)[C@H](C)O[C@H](CS(C)(=O)=O)CN3S(C)(=O)=O. The van der Waals surface area contributed by atoms with Crippen molar-refractivity contribution in [2.75, 3.05) is 36.2 Å². The molecule has 0 fully saturated rings. The molecule has 0 aliphatic carbocycles. The number of anilines is 1. The van der Waals surface area contributed by atoms with Gasteiger partial charge in [0.2, 0.25) is 10.0 Å². The second-order valence-electron chi connectivity index (χ2n) is 8.47. The number of aromatic nitrogens is 1. The summed E-state index contributed by atoms with van der Waals surface area (Å²) in [6.45, 7) is 1.34. The van der Waals surface area contributed by atoms with E-state index < -0.39 is 49.5 Å². The molecule has 36 heavy (non-hydrogen) atoms. The van der Waals surface area contributed by atoms with E-state index in [1.165, 1.54) is 37.4 Å². The van der Waals surface area contributed by atoms with Crippen molar-refractivity contribution < 1.29 is 40.0 Å². The molecule has 1 aliphatic rings. The molecule has 0 bridgehead atoms. The molecule has 0 radical (unpaired) electrons. The van der Waals surface area contributed by atoms with Crippen LogP contribution in [0.1, 0.15) is 29.1 Å². The molecule has 1 aromatic carbocycles. The van der Waals surface area contributed by atoms with Crippen LogP contribution in [-0.4, -0.2) is 65.7 Å². The number of hydrogen-bond acceptors (Lipinski definition) is 9. The van der Waals surface area contributed by atoms with Gasteiger partial charge in [0.05, 0.1) is 49.3 Å². The number of rotatable bonds is 6. The lowest BCUT2D eigenvalue weighted by molar-refractivity contribution is 0.0173. The van der Waals surface area contributed by atoms with Gasteiger partial charge in [-0.15, -0.1) is 0 Å². The molecule has 0 spiro atoms. The Morgan fingerprint density at radius 2 is 1.89 bits per heavy atom. The average molecular weight is 542 g/mol. The highest BCUT2D eigenvalue weighted by molar-refractivity contribution is 7.92. The summed E-state index contributed by atoms with van der Waals surface area (Å²) in [6.07, 6.45) is 0.229. The van der Waals surface area contributed by atoms with Crippen LogP contribution >= 0.6 is 0 Å². The van der Waals surface area contributed by atoms with Crippen molar-refractivity contribution >= 4 is 42.6 Å². The summed E-state index contributed by atoms with van der Waals surface area (Å²) in [5.41, 5.74) is 3.05. The van der Waals surface area contributed by atoms with E-state index in [0.717, 1.165) is 16.8 Å². The summed E-state index contributed by atoms with van der Waals surface area (Å²) >= 11 is 0. The van der Waals surface area contributed by atoms with Gasteiger partial charge < -0.3 is 9.15 Å². The number of amides is 1. The van der Waals surface area contributed by atoms with Gasteiger partial charge >= 0.3 is 0 Å². The van der Waals surface area contributed by atoms with Gasteiger partial charge in [0, 0.05) is 17.9 Å². The highest BCUT2D eigenvalue weighted by Gasteiger charge is 2.36. The van der Waals surface area contributed by atoms with Crippen LogP contribution in [0.5, 0.6) is 0 Å². The van der Waals surface area contributed by atoms with Gasteiger partial charge in [0.25, 0.3) is 5.91 Å². The molecule has 0 saturated heterocycles. The Morgan fingerprint density at radius 3 is 2.47 bits per heavy atom. The lowest BCUT2D eigenvalue weighted by atomic mass is 10.1. The summed E-state index contributed by atoms with van der Waals surface area (Å²) in [6, 6.07) is 6.66. The van der Waals surface area contributed by atoms with Gasteiger partial charge in [0.1, 0.15) is 32.5 Å². The van der Waals surface area contributed by atoms with E-state index in [1.807, 2.05) is 0 Å². The van der Waals surface area contributed by atoms with Crippen LogP contribution in [0.4, 0.5) is 10.1 Å². The third kappa shape index (κ3) is 5.21. The molecule has 194 valence electrons. The zero-order valence-corrected chi connectivity index (χ0v) is 21.4. The third-order valence-electron chi connectivity index (χ3n) is 5.51. The molecule has 1 aliphatic heterocycles. The first kappa shape index (κ1) is 26.0. The molecule has 11 nitrogen and oxygen atoms in total. The van der Waals surface area contributed by atoms with Crippen molar-refractivity contribution in [3.05, 3.63) is 47.4 Å². The number of benzene rings is 1. The first-order valence-electron chi connectivity index (χ1n) is 10.7. The number of hydrogen-bond donors (Lipinski definition) is 1. The summed E-state index contributed by atoms with van der Waals surface area (Å²) in [4.78, 5) is 22.2. The summed E-state index contributed by atoms with van der Waals surface area (Å²) in [5.74, 6) is -1.51. The van der Waals surface area contributed by atoms with Crippen LogP contribution in [-0.2, 0) is 29.4 Å². The minimum Gasteiger partial charge on any atom is -0.453 e. The molecule has 3 aromatic rings. The van der Waals surface area contributed by atoms with E-state index in [1.54, 1.807) is 6.92 Å². The van der Waals surface area contributed by atoms with E-state index in [4.69, 9.17) is 14.0 Å². The molecular formula is C22H24FN3O8S2. The van der Waals surface area contributed by atoms with Crippen LogP contribution in [0.25, 0.3) is 22.4 Å². The van der Waals surface area contributed by atoms with Crippen LogP contribution in [0.15, 0.2) is 34.7 Å². The number of fused-ring (bicyclic) bond motifs is 2. The summed E-state index contributed by atoms with van der Waals surface area (Å²) in [7, 11) is -6.13. The van der Waals surface area contributed by atoms with Crippen LogP contribution in [0.2, 0.25) is 0 Å². The van der Waals surface area contributed by atoms with Gasteiger partial charge in [-0.2, -0.15) is 0 Å². The fraction of sp³-hybridized carbons (Fsp3) is 0.364. The van der Waals surface area contributed by atoms with E-state index in [2.05, 4.69) is 10.5 Å². The molecule has 0 unspecified atom stereocenters. The number of furan rings is 1. The fourth-order valence-electron chi connectivity index (χ4n) is 4.11. The molecule has 1 amide bonds. The van der Waals surface area contributed by atoms with E-state index in [9.17, 15) is 26.0 Å². The van der Waals surface area contributed by atoms with E-state index >= 15 is 0 Å². The zero-order valence-electron chi connectivity index (χ0n) is 19.8. The second kappa shape index (κ2) is 9.42. The number of sulfone groups is 1. The fourth-order valence-corrected chi connectivity index (χ4v) is 5.91. The second-order valence-corrected chi connectivity index (χ2v) is 12.6. The van der Waals surface area contributed by atoms with Crippen LogP contribution < -0.4 is 9.79 Å². The van der Waals surface area contributed by atoms with Crippen molar-refractivity contribution in [3.8, 4) is 11.3 Å². The van der Waals surface area contributed by atoms with Gasteiger partial charge in [-0.05, 0) is 31.2 Å². The number of pyridine rings is 1. The Bertz CT molecular complexity index is 1540. The molecule has 2 aromatic heterocycles. The van der Waals surface area contributed by atoms with E-state index in [0.29, 0.717) is 5.56 Å². The van der Waals surface area contributed by atoms with E-state index in [-0.39, 0.29) is 40.3 Å². The number of carbonyl (C=O) groups excluding carboxylic acids is 1. The van der Waals surface area contributed by atoms with Crippen molar-refractivity contribution in [1.29, 1.82) is 0 Å². The first-order chi connectivity index (χ1) is 16.8. The first-order valence-corrected chi connectivity index (χ1v) is 14.6. The van der Waals surface area contributed by atoms with Crippen LogP contribution in [0, 0.1) is 5.82 Å². The maximum absolute atomic E-state index is 13.5. The Hall–Kier alpha value is -3.07. The molecule has 0 saturated carbocycles. The number of sulfonamides is 1. The van der Waals surface area contributed by atoms with Gasteiger partial charge in [-0.1, -0.05) is 0 Å². The summed E-state index contributed by atoms with van der Waals surface area (Å²) < 4.78 is 75.6. The monoisotopic (exact) mass is 541 g/mol. The standard InChI is InChI=1S/C22H24FN3O8S2/c1-12-19-16(26(36(4,30)31)10-15(33-12)11-35(3,28)29)9-17-20(24-19)18(22(27)25-32-2)21(34-17)13-5-7-14(23)8-6-13/h5-9,12,15H,10-11H2,1-4H3,(H,25,27)/t12-,15-/m0/s1. The quantitative estimate of drug-likeness (QED) is 0.464. The highest BCUT2D eigenvalue weighted by atomic mass is 32.2. The topological polar surface area (TPSA) is 145 Å². The minimum atomic E-state index is -3.89. The van der Waals surface area contributed by atoms with Gasteiger partial charge in [-0.25, -0.2) is 31.7 Å². The predicted octanol–water partition coefficient (Wildman–Crippen LogP) is 2.20. The van der Waals surface area contributed by atoms with Crippen molar-refractivity contribution in [2.24, 2.45) is 0 Å². The number of ether oxygens (including phenoxy) is 1. The maximum atomic E-state index is 13.5. The Morgan fingerprint density at radius 1 is 1.22 bits per heavy atom. The summed E-state index contributed by atoms with van der Waals surface area (Å²) in [5, 5.41) is 0. The molecule has 14 heteroatoms. The predicted molar refractivity (Wildman–Crippen MR) is 129 cm³/mol. The average Bonchev–Trinajstić information content (AvgIpc) is 3.07. The van der Waals surface area contributed by atoms with Crippen molar-refractivity contribution in [1.82, 2.24) is 10.5 Å². The number of hydroxylamine groups is 1. The minimum absolute atomic E-state index is 0.0173. The van der Waals surface area contributed by atoms with Gasteiger partial charge in [-0.3, -0.25) is 13.9 Å². The molecule has 4 rings (SSSR count). The van der Waals surface area contributed by atoms with Crippen molar-refractivity contribution in [3.63, 3.8) is 0 Å². The third-order valence-corrected chi connectivity index (χ3v) is 7.63. The zero-order chi connectivity index (χ0) is 26.4. The molecule has 2 atom stereocenters. The lowest BCUT2D eigenvalue weighted by Crippen LogP contribution is -2.39. The Labute approximate surface area is 207 Å². The van der Waals surface area contributed by atoms with Crippen LogP contribution in [0.3, 0.4) is 0 Å². The highest BCUT2D eigenvalue weighted by Crippen LogP contribution is 2.40. The molecule has 1 N–H and O–H groups in total. The number of nitrogens with zero attached hydrogens (tertiary/aromatic N) is 2. The number of carbonyl (C=O) groups is 1. The normalized spacial score (nSPS) is 18.6. The number of halogens is 1. The Balaban J connectivity index is 1.96. The van der Waals surface area contributed by atoms with Crippen molar-refractivity contribution in [2.45, 2.75) is 19.1 Å². The lowest BCUT2D eigenvalue weighted by Gasteiger charge is -2.24. The Kier molecular flexibility index (Phi) is 6.81. The largest absolute Gasteiger partial charge is 0.453 e. The van der Waals surface area contributed by atoms with Gasteiger partial charge in [0.15, 0.2) is 5.58 Å². The maximum Gasteiger partial charge on any atom is 0.281 e.